The number of alkyl carbamates (subject to hydrolysis) is 1. The number of carbonyl (C=O) groups excluding carboxylic acids is 3. The monoisotopic (exact) mass is 557 g/mol. The van der Waals surface area contributed by atoms with Gasteiger partial charge in [-0.2, -0.15) is 0 Å². The molecule has 0 saturated heterocycles. The second kappa shape index (κ2) is 13.8. The van der Waals surface area contributed by atoms with E-state index in [0.29, 0.717) is 28.6 Å². The maximum atomic E-state index is 14.1. The highest BCUT2D eigenvalue weighted by atomic mass is 35.5. The first-order valence-electron chi connectivity index (χ1n) is 13.5. The van der Waals surface area contributed by atoms with Crippen molar-refractivity contribution in [1.29, 1.82) is 0 Å². The van der Waals surface area contributed by atoms with Crippen LogP contribution >= 0.6 is 11.6 Å². The van der Waals surface area contributed by atoms with Crippen LogP contribution in [0.1, 0.15) is 82.7 Å². The zero-order chi connectivity index (χ0) is 29.5. The third-order valence-corrected chi connectivity index (χ3v) is 6.74. The number of nitrogens with one attached hydrogen (secondary N) is 2. The molecule has 0 spiro atoms. The molecule has 214 valence electrons. The molecule has 2 rings (SSSR count). The average Bonchev–Trinajstić information content (AvgIpc) is 2.81. The van der Waals surface area contributed by atoms with E-state index in [1.54, 1.807) is 31.7 Å². The average molecular weight is 558 g/mol. The Balaban J connectivity index is 2.55. The number of hydrogen-bond donors (Lipinski definition) is 2. The Labute approximate surface area is 238 Å². The normalized spacial score (nSPS) is 13.0. The number of benzene rings is 2. The van der Waals surface area contributed by atoms with Crippen molar-refractivity contribution in [3.05, 3.63) is 63.7 Å². The van der Waals surface area contributed by atoms with E-state index in [-0.39, 0.29) is 24.4 Å². The number of aryl methyl sites for hydroxylation is 3. The molecule has 0 radical (unpaired) electrons. The lowest BCUT2D eigenvalue weighted by molar-refractivity contribution is -0.141. The minimum Gasteiger partial charge on any atom is -0.444 e. The van der Waals surface area contributed by atoms with E-state index in [4.69, 9.17) is 16.3 Å². The van der Waals surface area contributed by atoms with Crippen molar-refractivity contribution < 1.29 is 19.1 Å². The van der Waals surface area contributed by atoms with Crippen LogP contribution in [0.4, 0.5) is 10.5 Å². The summed E-state index contributed by atoms with van der Waals surface area (Å²) in [4.78, 5) is 41.9. The highest BCUT2D eigenvalue weighted by molar-refractivity contribution is 6.34. The van der Waals surface area contributed by atoms with Gasteiger partial charge in [-0.05, 0) is 90.0 Å². The van der Waals surface area contributed by atoms with Gasteiger partial charge in [-0.15, -0.1) is 0 Å². The fourth-order valence-electron chi connectivity index (χ4n) is 4.44. The summed E-state index contributed by atoms with van der Waals surface area (Å²) < 4.78 is 5.32. The number of rotatable bonds is 10. The number of amides is 3. The van der Waals surface area contributed by atoms with Crippen LogP contribution in [0.3, 0.4) is 0 Å². The smallest absolute Gasteiger partial charge is 0.408 e. The molecule has 2 aromatic carbocycles. The number of hydrogen-bond acceptors (Lipinski definition) is 4. The van der Waals surface area contributed by atoms with Gasteiger partial charge in [0.25, 0.3) is 5.91 Å². The highest BCUT2D eigenvalue weighted by Gasteiger charge is 2.36. The molecule has 2 unspecified atom stereocenters. The predicted octanol–water partition coefficient (Wildman–Crippen LogP) is 7.12. The van der Waals surface area contributed by atoms with Crippen molar-refractivity contribution >= 4 is 35.2 Å². The maximum Gasteiger partial charge on any atom is 0.408 e. The topological polar surface area (TPSA) is 87.7 Å². The molecular weight excluding hydrogens is 514 g/mol. The molecule has 8 heteroatoms. The Morgan fingerprint density at radius 1 is 0.974 bits per heavy atom. The van der Waals surface area contributed by atoms with Gasteiger partial charge in [0.05, 0.1) is 10.7 Å². The fraction of sp³-hybridized carbons (Fsp3) is 0.516. The van der Waals surface area contributed by atoms with Crippen molar-refractivity contribution in [2.24, 2.45) is 5.92 Å². The first-order valence-corrected chi connectivity index (χ1v) is 13.9. The molecule has 3 amide bonds. The summed E-state index contributed by atoms with van der Waals surface area (Å²) in [5, 5.41) is 5.98. The number of nitrogens with zero attached hydrogens (tertiary/aromatic N) is 1. The maximum absolute atomic E-state index is 14.1. The number of anilines is 1. The van der Waals surface area contributed by atoms with Gasteiger partial charge in [-0.3, -0.25) is 9.59 Å². The van der Waals surface area contributed by atoms with E-state index in [1.165, 1.54) is 0 Å². The number of para-hydroxylation sites is 1. The lowest BCUT2D eigenvalue weighted by atomic mass is 9.94. The molecule has 0 bridgehead atoms. The number of halogens is 1. The third-order valence-electron chi connectivity index (χ3n) is 6.42. The number of ether oxygens (including phenoxy) is 1. The minimum atomic E-state index is -0.948. The molecule has 0 aliphatic carbocycles. The van der Waals surface area contributed by atoms with Crippen molar-refractivity contribution in [3.8, 4) is 0 Å². The third kappa shape index (κ3) is 9.57. The largest absolute Gasteiger partial charge is 0.444 e. The Morgan fingerprint density at radius 3 is 2.21 bits per heavy atom. The molecule has 39 heavy (non-hydrogen) atoms. The summed E-state index contributed by atoms with van der Waals surface area (Å²) in [6, 6.07) is 9.99. The van der Waals surface area contributed by atoms with E-state index in [1.807, 2.05) is 58.0 Å². The Morgan fingerprint density at radius 2 is 1.64 bits per heavy atom. The zero-order valence-electron chi connectivity index (χ0n) is 24.8. The summed E-state index contributed by atoms with van der Waals surface area (Å²) in [5.74, 6) is -0.336. The molecule has 0 saturated carbocycles. The van der Waals surface area contributed by atoms with E-state index in [9.17, 15) is 14.4 Å². The van der Waals surface area contributed by atoms with Crippen LogP contribution in [0.5, 0.6) is 0 Å². The Bertz CT molecular complexity index is 1150. The Kier molecular flexibility index (Phi) is 11.4. The quantitative estimate of drug-likeness (QED) is 0.325. The van der Waals surface area contributed by atoms with Crippen LogP contribution in [0.2, 0.25) is 5.02 Å². The van der Waals surface area contributed by atoms with Gasteiger partial charge in [0.2, 0.25) is 5.91 Å². The van der Waals surface area contributed by atoms with Crippen LogP contribution in [0, 0.1) is 26.7 Å². The second-order valence-corrected chi connectivity index (χ2v) is 12.1. The van der Waals surface area contributed by atoms with Crippen LogP contribution in [0.25, 0.3) is 0 Å². The van der Waals surface area contributed by atoms with Crippen LogP contribution < -0.4 is 10.6 Å². The molecule has 2 atom stereocenters. The van der Waals surface area contributed by atoms with Gasteiger partial charge in [-0.25, -0.2) is 4.79 Å². The van der Waals surface area contributed by atoms with Gasteiger partial charge >= 0.3 is 6.09 Å². The van der Waals surface area contributed by atoms with Crippen molar-refractivity contribution in [3.63, 3.8) is 0 Å². The van der Waals surface area contributed by atoms with Crippen LogP contribution in [0.15, 0.2) is 36.4 Å². The highest BCUT2D eigenvalue weighted by Crippen LogP contribution is 2.32. The van der Waals surface area contributed by atoms with Crippen LogP contribution in [-0.4, -0.2) is 41.0 Å². The van der Waals surface area contributed by atoms with E-state index >= 15 is 0 Å². The first kappa shape index (κ1) is 32.2. The van der Waals surface area contributed by atoms with Crippen LogP contribution in [-0.2, 0) is 14.3 Å². The SMILES string of the molecule is Cc1ccc(C(C(=O)Nc2c(C)cccc2Cl)N(C(=O)CNC(=O)OC(C)(C)C)C(C)CCC(C)C)c(C)c1. The van der Waals surface area contributed by atoms with Gasteiger partial charge in [0.15, 0.2) is 0 Å². The first-order chi connectivity index (χ1) is 18.1. The van der Waals surface area contributed by atoms with Gasteiger partial charge < -0.3 is 20.3 Å². The van der Waals surface area contributed by atoms with Gasteiger partial charge in [0, 0.05) is 6.04 Å². The van der Waals surface area contributed by atoms with Crippen molar-refractivity contribution in [2.75, 3.05) is 11.9 Å². The lowest BCUT2D eigenvalue weighted by Crippen LogP contribution is -2.50. The van der Waals surface area contributed by atoms with Crippen molar-refractivity contribution in [1.82, 2.24) is 10.2 Å². The summed E-state index contributed by atoms with van der Waals surface area (Å²) >= 11 is 6.45. The molecule has 0 fully saturated rings. The van der Waals surface area contributed by atoms with E-state index in [2.05, 4.69) is 24.5 Å². The summed E-state index contributed by atoms with van der Waals surface area (Å²) in [6.07, 6.45) is 0.870. The van der Waals surface area contributed by atoms with Crippen molar-refractivity contribution in [2.45, 2.75) is 92.8 Å². The Hall–Kier alpha value is -3.06. The molecule has 0 heterocycles. The predicted molar refractivity (Wildman–Crippen MR) is 158 cm³/mol. The van der Waals surface area contributed by atoms with E-state index in [0.717, 1.165) is 23.1 Å². The summed E-state index contributed by atoms with van der Waals surface area (Å²) in [7, 11) is 0. The fourth-order valence-corrected chi connectivity index (χ4v) is 4.71. The molecule has 0 aliphatic rings. The lowest BCUT2D eigenvalue weighted by Gasteiger charge is -2.37. The molecule has 0 aromatic heterocycles. The molecule has 2 aromatic rings. The minimum absolute atomic E-state index is 0.288. The second-order valence-electron chi connectivity index (χ2n) is 11.7. The molecule has 7 nitrogen and oxygen atoms in total. The molecule has 2 N–H and O–H groups in total. The van der Waals surface area contributed by atoms with E-state index < -0.39 is 17.7 Å². The summed E-state index contributed by atoms with van der Waals surface area (Å²) in [5.41, 5.74) is 3.27. The number of carbonyl (C=O) groups is 3. The summed E-state index contributed by atoms with van der Waals surface area (Å²) in [6.45, 7) is 16.9. The van der Waals surface area contributed by atoms with Gasteiger partial charge in [0.1, 0.15) is 18.2 Å². The zero-order valence-corrected chi connectivity index (χ0v) is 25.5. The standard InChI is InChI=1S/C31H44ClN3O4/c1-19(2)13-15-23(6)35(26(36)18-33-30(38)39-31(7,8)9)28(24-16-14-20(3)17-22(24)5)29(37)34-27-21(4)11-10-12-25(27)32/h10-12,14,16-17,19,23,28H,13,15,18H2,1-9H3,(H,33,38)(H,34,37). The molecular formula is C31H44ClN3O4. The molecule has 0 aliphatic heterocycles. The van der Waals surface area contributed by atoms with Gasteiger partial charge in [-0.1, -0.05) is 61.3 Å².